The highest BCUT2D eigenvalue weighted by molar-refractivity contribution is 6.00. The zero-order valence-corrected chi connectivity index (χ0v) is 10.0. The Morgan fingerprint density at radius 3 is 2.50 bits per heavy atom. The van der Waals surface area contributed by atoms with Gasteiger partial charge in [0.25, 0.3) is 0 Å². The summed E-state index contributed by atoms with van der Waals surface area (Å²) in [6.07, 6.45) is -4.80. The Balaban J connectivity index is 2.84. The molecule has 0 saturated heterocycles. The highest BCUT2D eigenvalue weighted by Crippen LogP contribution is 2.26. The van der Waals surface area contributed by atoms with Crippen molar-refractivity contribution >= 4 is 5.78 Å². The van der Waals surface area contributed by atoms with Crippen LogP contribution >= 0.6 is 0 Å². The monoisotopic (exact) mass is 261 g/mol. The Morgan fingerprint density at radius 1 is 1.33 bits per heavy atom. The third-order valence-electron chi connectivity index (χ3n) is 2.08. The van der Waals surface area contributed by atoms with Crippen LogP contribution in [0.25, 0.3) is 0 Å². The maximum absolute atomic E-state index is 12.1. The highest BCUT2D eigenvalue weighted by atomic mass is 19.4. The molecule has 0 spiro atoms. The fourth-order valence-electron chi connectivity index (χ4n) is 1.30. The summed E-state index contributed by atoms with van der Waals surface area (Å²) in [6.45, 7) is 3.65. The van der Waals surface area contributed by atoms with Gasteiger partial charge in [0.05, 0.1) is 12.1 Å². The maximum Gasteiger partial charge on any atom is 0.573 e. The van der Waals surface area contributed by atoms with E-state index in [4.69, 9.17) is 0 Å². The lowest BCUT2D eigenvalue weighted by atomic mass is 10.1. The van der Waals surface area contributed by atoms with Crippen molar-refractivity contribution in [3.63, 3.8) is 0 Å². The minimum atomic E-state index is -4.80. The quantitative estimate of drug-likeness (QED) is 0.828. The average Bonchev–Trinajstić information content (AvgIpc) is 2.24. The maximum atomic E-state index is 12.1. The SMILES string of the molecule is CC(C)NCC(=O)c1ccccc1OC(F)(F)F. The summed E-state index contributed by atoms with van der Waals surface area (Å²) >= 11 is 0. The number of ether oxygens (including phenoxy) is 1. The van der Waals surface area contributed by atoms with Gasteiger partial charge in [-0.05, 0) is 12.1 Å². The molecule has 1 aromatic rings. The van der Waals surface area contributed by atoms with Crippen LogP contribution in [0.15, 0.2) is 24.3 Å². The van der Waals surface area contributed by atoms with Gasteiger partial charge in [-0.2, -0.15) is 0 Å². The molecule has 0 radical (unpaired) electrons. The van der Waals surface area contributed by atoms with Crippen molar-refractivity contribution < 1.29 is 22.7 Å². The lowest BCUT2D eigenvalue weighted by Crippen LogP contribution is -2.29. The van der Waals surface area contributed by atoms with Crippen LogP contribution in [0, 0.1) is 0 Å². The van der Waals surface area contributed by atoms with Crippen molar-refractivity contribution in [2.45, 2.75) is 26.3 Å². The summed E-state index contributed by atoms with van der Waals surface area (Å²) in [5.74, 6) is -0.913. The van der Waals surface area contributed by atoms with E-state index in [0.717, 1.165) is 6.07 Å². The number of carbonyl (C=O) groups excluding carboxylic acids is 1. The van der Waals surface area contributed by atoms with Gasteiger partial charge in [0.15, 0.2) is 5.78 Å². The Morgan fingerprint density at radius 2 is 1.94 bits per heavy atom. The standard InChI is InChI=1S/C12H14F3NO2/c1-8(2)16-7-10(17)9-5-3-4-6-11(9)18-12(13,14)15/h3-6,8,16H,7H2,1-2H3. The Labute approximate surface area is 103 Å². The molecular formula is C12H14F3NO2. The molecule has 1 N–H and O–H groups in total. The smallest absolute Gasteiger partial charge is 0.405 e. The molecule has 0 bridgehead atoms. The van der Waals surface area contributed by atoms with E-state index in [1.165, 1.54) is 18.2 Å². The van der Waals surface area contributed by atoms with Gasteiger partial charge in [-0.3, -0.25) is 4.79 Å². The number of Topliss-reactive ketones (excluding diaryl/α,β-unsaturated/α-hetero) is 1. The fraction of sp³-hybridized carbons (Fsp3) is 0.417. The van der Waals surface area contributed by atoms with Crippen LogP contribution in [0.5, 0.6) is 5.75 Å². The minimum absolute atomic E-state index is 0.0318. The zero-order valence-electron chi connectivity index (χ0n) is 10.0. The lowest BCUT2D eigenvalue weighted by Gasteiger charge is -2.13. The van der Waals surface area contributed by atoms with Gasteiger partial charge in [-0.1, -0.05) is 26.0 Å². The highest BCUT2D eigenvalue weighted by Gasteiger charge is 2.32. The molecule has 3 nitrogen and oxygen atoms in total. The van der Waals surface area contributed by atoms with E-state index in [-0.39, 0.29) is 18.2 Å². The topological polar surface area (TPSA) is 38.3 Å². The molecule has 0 unspecified atom stereocenters. The van der Waals surface area contributed by atoms with Crippen molar-refractivity contribution in [2.24, 2.45) is 0 Å². The predicted molar refractivity (Wildman–Crippen MR) is 60.6 cm³/mol. The number of para-hydroxylation sites is 1. The van der Waals surface area contributed by atoms with Gasteiger partial charge in [0.2, 0.25) is 0 Å². The second-order valence-electron chi connectivity index (χ2n) is 4.00. The normalized spacial score (nSPS) is 11.7. The summed E-state index contributed by atoms with van der Waals surface area (Å²) in [5, 5.41) is 2.85. The van der Waals surface area contributed by atoms with Crippen molar-refractivity contribution in [1.82, 2.24) is 5.32 Å². The molecular weight excluding hydrogens is 247 g/mol. The number of hydrogen-bond acceptors (Lipinski definition) is 3. The molecule has 0 aromatic heterocycles. The molecule has 1 aromatic carbocycles. The number of nitrogens with one attached hydrogen (secondary N) is 1. The summed E-state index contributed by atoms with van der Waals surface area (Å²) in [7, 11) is 0. The number of halogens is 3. The lowest BCUT2D eigenvalue weighted by molar-refractivity contribution is -0.274. The number of carbonyl (C=O) groups is 1. The van der Waals surface area contributed by atoms with E-state index in [9.17, 15) is 18.0 Å². The molecule has 0 aliphatic carbocycles. The Kier molecular flexibility index (Phi) is 4.72. The van der Waals surface area contributed by atoms with Gasteiger partial charge < -0.3 is 10.1 Å². The molecule has 0 aliphatic heterocycles. The van der Waals surface area contributed by atoms with Gasteiger partial charge in [-0.15, -0.1) is 13.2 Å². The molecule has 0 fully saturated rings. The van der Waals surface area contributed by atoms with Gasteiger partial charge in [0.1, 0.15) is 5.75 Å². The Hall–Kier alpha value is -1.56. The van der Waals surface area contributed by atoms with Crippen molar-refractivity contribution in [3.8, 4) is 5.75 Å². The van der Waals surface area contributed by atoms with E-state index >= 15 is 0 Å². The first-order valence-corrected chi connectivity index (χ1v) is 5.41. The second-order valence-corrected chi connectivity index (χ2v) is 4.00. The van der Waals surface area contributed by atoms with E-state index < -0.39 is 17.9 Å². The van der Waals surface area contributed by atoms with Crippen molar-refractivity contribution in [2.75, 3.05) is 6.54 Å². The minimum Gasteiger partial charge on any atom is -0.405 e. The van der Waals surface area contributed by atoms with Crippen molar-refractivity contribution in [3.05, 3.63) is 29.8 Å². The molecule has 100 valence electrons. The first-order valence-electron chi connectivity index (χ1n) is 5.41. The van der Waals surface area contributed by atoms with Gasteiger partial charge in [-0.25, -0.2) is 0 Å². The first-order chi connectivity index (χ1) is 8.29. The van der Waals surface area contributed by atoms with Crippen LogP contribution in [-0.4, -0.2) is 24.7 Å². The largest absolute Gasteiger partial charge is 0.573 e. The number of hydrogen-bond donors (Lipinski definition) is 1. The summed E-state index contributed by atoms with van der Waals surface area (Å²) in [6, 6.07) is 5.38. The third kappa shape index (κ3) is 4.75. The van der Waals surface area contributed by atoms with Gasteiger partial charge >= 0.3 is 6.36 Å². The van der Waals surface area contributed by atoms with Crippen LogP contribution in [0.1, 0.15) is 24.2 Å². The molecule has 0 saturated carbocycles. The molecule has 0 atom stereocenters. The number of benzene rings is 1. The van der Waals surface area contributed by atoms with Gasteiger partial charge in [0, 0.05) is 6.04 Å². The average molecular weight is 261 g/mol. The molecule has 18 heavy (non-hydrogen) atoms. The van der Waals surface area contributed by atoms with Crippen LogP contribution in [0.2, 0.25) is 0 Å². The van der Waals surface area contributed by atoms with Crippen molar-refractivity contribution in [1.29, 1.82) is 0 Å². The van der Waals surface area contributed by atoms with E-state index in [1.54, 1.807) is 0 Å². The summed E-state index contributed by atoms with van der Waals surface area (Å²) in [4.78, 5) is 11.7. The summed E-state index contributed by atoms with van der Waals surface area (Å²) in [5.41, 5.74) is -0.0806. The molecule has 0 amide bonds. The van der Waals surface area contributed by atoms with E-state index in [1.807, 2.05) is 13.8 Å². The van der Waals surface area contributed by atoms with Crippen LogP contribution in [0.4, 0.5) is 13.2 Å². The second kappa shape index (κ2) is 5.86. The third-order valence-corrected chi connectivity index (χ3v) is 2.08. The van der Waals surface area contributed by atoms with E-state index in [2.05, 4.69) is 10.1 Å². The van der Waals surface area contributed by atoms with Crippen LogP contribution in [-0.2, 0) is 0 Å². The van der Waals surface area contributed by atoms with E-state index in [0.29, 0.717) is 0 Å². The molecule has 0 heterocycles. The first kappa shape index (κ1) is 14.5. The molecule has 6 heteroatoms. The fourth-order valence-corrected chi connectivity index (χ4v) is 1.30. The molecule has 1 rings (SSSR count). The predicted octanol–water partition coefficient (Wildman–Crippen LogP) is 2.77. The Bertz CT molecular complexity index is 416. The van der Waals surface area contributed by atoms with Crippen LogP contribution < -0.4 is 10.1 Å². The zero-order chi connectivity index (χ0) is 13.8. The number of alkyl halides is 3. The summed E-state index contributed by atoms with van der Waals surface area (Å²) < 4.78 is 40.3. The molecule has 0 aliphatic rings. The number of ketones is 1. The van der Waals surface area contributed by atoms with Crippen LogP contribution in [0.3, 0.4) is 0 Å². The number of rotatable bonds is 5.